The van der Waals surface area contributed by atoms with Gasteiger partial charge in [0, 0.05) is 6.42 Å². The van der Waals surface area contributed by atoms with Crippen molar-refractivity contribution < 1.29 is 14.7 Å². The number of rotatable bonds is 4. The second kappa shape index (κ2) is 5.05. The monoisotopic (exact) mass is 226 g/mol. The predicted molar refractivity (Wildman–Crippen MR) is 56.6 cm³/mol. The number of hydrogen-bond acceptors (Lipinski definition) is 3. The van der Waals surface area contributed by atoms with E-state index in [1.54, 1.807) is 24.3 Å². The second-order valence-electron chi connectivity index (χ2n) is 3.29. The first kappa shape index (κ1) is 11.9. The average Bonchev–Trinajstić information content (AvgIpc) is 2.17. The van der Waals surface area contributed by atoms with Gasteiger partial charge in [-0.2, -0.15) is 0 Å². The zero-order valence-electron chi connectivity index (χ0n) is 8.24. The van der Waals surface area contributed by atoms with Gasteiger partial charge in [-0.25, -0.2) is 0 Å². The maximum atomic E-state index is 10.9. The SMILES string of the molecule is CC(=O)C(O)c1ccc(CC(=O)Cl)cc1. The Labute approximate surface area is 92.7 Å². The van der Waals surface area contributed by atoms with Gasteiger partial charge in [-0.05, 0) is 29.7 Å². The summed E-state index contributed by atoms with van der Waals surface area (Å²) in [6, 6.07) is 6.56. The van der Waals surface area contributed by atoms with Crippen LogP contribution in [0.2, 0.25) is 0 Å². The van der Waals surface area contributed by atoms with Gasteiger partial charge in [-0.3, -0.25) is 9.59 Å². The molecule has 1 aromatic rings. The highest BCUT2D eigenvalue weighted by molar-refractivity contribution is 6.63. The third-order valence-electron chi connectivity index (χ3n) is 2.02. The van der Waals surface area contributed by atoms with Crippen LogP contribution in [0.5, 0.6) is 0 Å². The van der Waals surface area contributed by atoms with Gasteiger partial charge < -0.3 is 5.11 Å². The Morgan fingerprint density at radius 1 is 1.33 bits per heavy atom. The molecule has 1 unspecified atom stereocenters. The fourth-order valence-corrected chi connectivity index (χ4v) is 1.37. The topological polar surface area (TPSA) is 54.4 Å². The summed E-state index contributed by atoms with van der Waals surface area (Å²) in [7, 11) is 0. The molecule has 0 saturated carbocycles. The van der Waals surface area contributed by atoms with Crippen LogP contribution in [-0.2, 0) is 16.0 Å². The molecule has 0 spiro atoms. The number of Topliss-reactive ketones (excluding diaryl/α,β-unsaturated/α-hetero) is 1. The van der Waals surface area contributed by atoms with E-state index in [4.69, 9.17) is 11.6 Å². The number of aliphatic hydroxyl groups excluding tert-OH is 1. The molecule has 3 nitrogen and oxygen atoms in total. The van der Waals surface area contributed by atoms with Crippen molar-refractivity contribution in [3.8, 4) is 0 Å². The van der Waals surface area contributed by atoms with E-state index in [0.717, 1.165) is 5.56 Å². The molecule has 1 atom stereocenters. The van der Waals surface area contributed by atoms with E-state index < -0.39 is 11.3 Å². The normalized spacial score (nSPS) is 12.2. The highest BCUT2D eigenvalue weighted by Crippen LogP contribution is 2.15. The van der Waals surface area contributed by atoms with Crippen LogP contribution in [0, 0.1) is 0 Å². The standard InChI is InChI=1S/C11H11ClO3/c1-7(13)11(15)9-4-2-8(3-5-9)6-10(12)14/h2-5,11,15H,6H2,1H3. The summed E-state index contributed by atoms with van der Waals surface area (Å²) >= 11 is 5.22. The Morgan fingerprint density at radius 2 is 1.87 bits per heavy atom. The highest BCUT2D eigenvalue weighted by atomic mass is 35.5. The quantitative estimate of drug-likeness (QED) is 0.794. The minimum Gasteiger partial charge on any atom is -0.381 e. The lowest BCUT2D eigenvalue weighted by molar-refractivity contribution is -0.125. The van der Waals surface area contributed by atoms with Crippen LogP contribution >= 0.6 is 11.6 Å². The predicted octanol–water partition coefficient (Wildman–Crippen LogP) is 1.62. The van der Waals surface area contributed by atoms with Crippen molar-refractivity contribution >= 4 is 22.6 Å². The molecule has 1 rings (SSSR count). The molecule has 1 N–H and O–H groups in total. The number of halogens is 1. The first-order chi connectivity index (χ1) is 7.00. The van der Waals surface area contributed by atoms with E-state index in [1.165, 1.54) is 6.92 Å². The van der Waals surface area contributed by atoms with Gasteiger partial charge >= 0.3 is 0 Å². The molecule has 15 heavy (non-hydrogen) atoms. The van der Waals surface area contributed by atoms with E-state index in [2.05, 4.69) is 0 Å². The van der Waals surface area contributed by atoms with Crippen molar-refractivity contribution in [3.63, 3.8) is 0 Å². The molecule has 0 amide bonds. The zero-order chi connectivity index (χ0) is 11.4. The maximum absolute atomic E-state index is 10.9. The van der Waals surface area contributed by atoms with Crippen LogP contribution in [0.25, 0.3) is 0 Å². The fraction of sp³-hybridized carbons (Fsp3) is 0.273. The van der Waals surface area contributed by atoms with Crippen molar-refractivity contribution in [1.82, 2.24) is 0 Å². The lowest BCUT2D eigenvalue weighted by atomic mass is 10.0. The summed E-state index contributed by atoms with van der Waals surface area (Å²) in [5.74, 6) is -0.309. The molecule has 0 aliphatic rings. The minimum absolute atomic E-state index is 0.151. The summed E-state index contributed by atoms with van der Waals surface area (Å²) in [6.07, 6.45) is -0.941. The van der Waals surface area contributed by atoms with E-state index in [-0.39, 0.29) is 12.2 Å². The van der Waals surface area contributed by atoms with E-state index >= 15 is 0 Å². The summed E-state index contributed by atoms with van der Waals surface area (Å²) in [6.45, 7) is 1.32. The van der Waals surface area contributed by atoms with Crippen LogP contribution in [0.1, 0.15) is 24.2 Å². The molecule has 0 fully saturated rings. The molecular weight excluding hydrogens is 216 g/mol. The van der Waals surface area contributed by atoms with Crippen molar-refractivity contribution in [2.75, 3.05) is 0 Å². The molecular formula is C11H11ClO3. The van der Waals surface area contributed by atoms with Crippen LogP contribution in [0.15, 0.2) is 24.3 Å². The summed E-state index contributed by atoms with van der Waals surface area (Å²) < 4.78 is 0. The second-order valence-corrected chi connectivity index (χ2v) is 3.71. The Kier molecular flexibility index (Phi) is 4.00. The van der Waals surface area contributed by atoms with Gasteiger partial charge in [0.1, 0.15) is 6.10 Å². The van der Waals surface area contributed by atoms with Gasteiger partial charge in [-0.1, -0.05) is 24.3 Å². The van der Waals surface area contributed by atoms with Gasteiger partial charge in [0.05, 0.1) is 0 Å². The number of benzene rings is 1. The first-order valence-electron chi connectivity index (χ1n) is 4.46. The van der Waals surface area contributed by atoms with E-state index in [1.807, 2.05) is 0 Å². The Morgan fingerprint density at radius 3 is 2.27 bits per heavy atom. The summed E-state index contributed by atoms with van der Waals surface area (Å²) in [4.78, 5) is 21.5. The number of aliphatic hydroxyl groups is 1. The zero-order valence-corrected chi connectivity index (χ0v) is 8.99. The molecule has 0 aromatic heterocycles. The Bertz CT molecular complexity index is 370. The van der Waals surface area contributed by atoms with Crippen molar-refractivity contribution in [3.05, 3.63) is 35.4 Å². The largest absolute Gasteiger partial charge is 0.381 e. The lowest BCUT2D eigenvalue weighted by Gasteiger charge is -2.07. The number of hydrogen-bond donors (Lipinski definition) is 1. The van der Waals surface area contributed by atoms with Crippen molar-refractivity contribution in [2.24, 2.45) is 0 Å². The third-order valence-corrected chi connectivity index (χ3v) is 2.16. The summed E-state index contributed by atoms with van der Waals surface area (Å²) in [5, 5.41) is 8.99. The molecule has 0 saturated heterocycles. The van der Waals surface area contributed by atoms with Crippen LogP contribution in [-0.4, -0.2) is 16.1 Å². The molecule has 0 heterocycles. The van der Waals surface area contributed by atoms with Crippen molar-refractivity contribution in [1.29, 1.82) is 0 Å². The smallest absolute Gasteiger partial charge is 0.226 e. The number of ketones is 1. The Hall–Kier alpha value is -1.19. The first-order valence-corrected chi connectivity index (χ1v) is 4.84. The van der Waals surface area contributed by atoms with E-state index in [0.29, 0.717) is 5.56 Å². The van der Waals surface area contributed by atoms with Gasteiger partial charge in [0.2, 0.25) is 5.24 Å². The number of carbonyl (C=O) groups is 2. The third kappa shape index (κ3) is 3.46. The van der Waals surface area contributed by atoms with Crippen molar-refractivity contribution in [2.45, 2.75) is 19.4 Å². The molecule has 0 bridgehead atoms. The van der Waals surface area contributed by atoms with Crippen LogP contribution in [0.3, 0.4) is 0 Å². The van der Waals surface area contributed by atoms with E-state index in [9.17, 15) is 14.7 Å². The van der Waals surface area contributed by atoms with Gasteiger partial charge in [0.15, 0.2) is 5.78 Å². The molecule has 4 heteroatoms. The molecule has 0 aliphatic carbocycles. The average molecular weight is 227 g/mol. The van der Waals surface area contributed by atoms with Gasteiger partial charge in [-0.15, -0.1) is 0 Å². The maximum Gasteiger partial charge on any atom is 0.226 e. The number of carbonyl (C=O) groups excluding carboxylic acids is 2. The molecule has 80 valence electrons. The minimum atomic E-state index is -1.09. The molecule has 0 aliphatic heterocycles. The lowest BCUT2D eigenvalue weighted by Crippen LogP contribution is -2.07. The molecule has 0 radical (unpaired) electrons. The van der Waals surface area contributed by atoms with Crippen LogP contribution in [0.4, 0.5) is 0 Å². The highest BCUT2D eigenvalue weighted by Gasteiger charge is 2.12. The van der Waals surface area contributed by atoms with Gasteiger partial charge in [0.25, 0.3) is 0 Å². The summed E-state index contributed by atoms with van der Waals surface area (Å²) in [5.41, 5.74) is 1.28. The fourth-order valence-electron chi connectivity index (χ4n) is 1.21. The van der Waals surface area contributed by atoms with Crippen LogP contribution < -0.4 is 0 Å². The molecule has 1 aromatic carbocycles. The Balaban J connectivity index is 2.80.